The molecule has 5 nitrogen and oxygen atoms in total. The fourth-order valence-corrected chi connectivity index (χ4v) is 5.24. The van der Waals surface area contributed by atoms with E-state index in [4.69, 9.17) is 4.42 Å². The number of benzene rings is 2. The zero-order chi connectivity index (χ0) is 23.2. The Bertz CT molecular complexity index is 1220. The molecule has 0 fully saturated rings. The average molecular weight is 550 g/mol. The predicted molar refractivity (Wildman–Crippen MR) is 124 cm³/mol. The molecular weight excluding hydrogens is 529 g/mol. The molecule has 1 aliphatic rings. The second kappa shape index (κ2) is 8.31. The number of amides is 2. The summed E-state index contributed by atoms with van der Waals surface area (Å²) in [6.07, 6.45) is 0. The summed E-state index contributed by atoms with van der Waals surface area (Å²) in [6.45, 7) is 5.31. The number of rotatable bonds is 5. The molecule has 2 heterocycles. The number of aryl methyl sites for hydroxylation is 1. The highest BCUT2D eigenvalue weighted by atomic mass is 127. The van der Waals surface area contributed by atoms with Gasteiger partial charge in [0.2, 0.25) is 5.91 Å². The minimum Gasteiger partial charge on any atom is -0.465 e. The van der Waals surface area contributed by atoms with E-state index in [0.29, 0.717) is 17.0 Å². The first-order valence-corrected chi connectivity index (χ1v) is 11.1. The summed E-state index contributed by atoms with van der Waals surface area (Å²) < 4.78 is 34.8. The van der Waals surface area contributed by atoms with Gasteiger partial charge >= 0.3 is 0 Å². The van der Waals surface area contributed by atoms with Crippen LogP contribution in [0.2, 0.25) is 0 Å². The second-order valence-corrected chi connectivity index (χ2v) is 9.43. The lowest BCUT2D eigenvalue weighted by Gasteiger charge is -2.21. The minimum atomic E-state index is -0.895. The van der Waals surface area contributed by atoms with Gasteiger partial charge in [-0.3, -0.25) is 9.59 Å². The number of carbonyl (C=O) groups is 2. The van der Waals surface area contributed by atoms with E-state index in [0.717, 1.165) is 27.0 Å². The van der Waals surface area contributed by atoms with Crippen molar-refractivity contribution in [2.75, 3.05) is 4.90 Å². The number of hydrogen-bond donors (Lipinski definition) is 1. The van der Waals surface area contributed by atoms with Crippen LogP contribution in [0, 0.1) is 22.1 Å². The SMILES string of the molecule is Cc1ccc(CNC(=O)c2cc(I)c3c(c2)N(Cc2c(F)cccc2F)C(=O)C3(C)C)o1. The van der Waals surface area contributed by atoms with Gasteiger partial charge in [0, 0.05) is 20.3 Å². The van der Waals surface area contributed by atoms with Crippen LogP contribution in [0.1, 0.15) is 46.9 Å². The average Bonchev–Trinajstić information content (AvgIpc) is 3.23. The van der Waals surface area contributed by atoms with Gasteiger partial charge in [-0.1, -0.05) is 6.07 Å². The number of hydrogen-bond acceptors (Lipinski definition) is 3. The molecule has 1 N–H and O–H groups in total. The van der Waals surface area contributed by atoms with Crippen molar-refractivity contribution >= 4 is 40.1 Å². The Morgan fingerprint density at radius 1 is 1.16 bits per heavy atom. The van der Waals surface area contributed by atoms with Gasteiger partial charge in [-0.2, -0.15) is 0 Å². The molecule has 0 aliphatic carbocycles. The van der Waals surface area contributed by atoms with Crippen molar-refractivity contribution in [3.8, 4) is 0 Å². The number of furan rings is 1. The monoisotopic (exact) mass is 550 g/mol. The Kier molecular flexibility index (Phi) is 5.83. The lowest BCUT2D eigenvalue weighted by molar-refractivity contribution is -0.122. The van der Waals surface area contributed by atoms with E-state index in [1.165, 1.54) is 11.0 Å². The van der Waals surface area contributed by atoms with Crippen molar-refractivity contribution in [3.63, 3.8) is 0 Å². The number of fused-ring (bicyclic) bond motifs is 1. The van der Waals surface area contributed by atoms with E-state index >= 15 is 0 Å². The Morgan fingerprint density at radius 3 is 2.47 bits per heavy atom. The van der Waals surface area contributed by atoms with E-state index in [2.05, 4.69) is 27.9 Å². The second-order valence-electron chi connectivity index (χ2n) is 8.26. The van der Waals surface area contributed by atoms with Gasteiger partial charge in [0.25, 0.3) is 5.91 Å². The summed E-state index contributed by atoms with van der Waals surface area (Å²) in [5, 5.41) is 2.80. The standard InChI is InChI=1S/C24H21F2IN2O3/c1-13-7-8-15(32-13)11-28-22(30)14-9-19(27)21-20(10-14)29(23(31)24(21,2)3)12-16-17(25)5-4-6-18(16)26/h4-10H,11-12H2,1-3H3,(H,28,30). The van der Waals surface area contributed by atoms with Crippen LogP contribution in [-0.2, 0) is 23.3 Å². The van der Waals surface area contributed by atoms with Crippen LogP contribution in [0.5, 0.6) is 0 Å². The predicted octanol–water partition coefficient (Wildman–Crippen LogP) is 5.23. The summed E-state index contributed by atoms with van der Waals surface area (Å²) in [4.78, 5) is 27.4. The molecule has 1 aliphatic heterocycles. The van der Waals surface area contributed by atoms with Crippen molar-refractivity contribution in [2.45, 2.75) is 39.3 Å². The van der Waals surface area contributed by atoms with Crippen molar-refractivity contribution in [2.24, 2.45) is 0 Å². The summed E-state index contributed by atoms with van der Waals surface area (Å²) in [7, 11) is 0. The van der Waals surface area contributed by atoms with E-state index in [-0.39, 0.29) is 30.5 Å². The number of anilines is 1. The molecule has 32 heavy (non-hydrogen) atoms. The van der Waals surface area contributed by atoms with Crippen LogP contribution < -0.4 is 10.2 Å². The van der Waals surface area contributed by atoms with Gasteiger partial charge in [0.05, 0.1) is 24.2 Å². The Balaban J connectivity index is 1.69. The molecule has 0 spiro atoms. The first kappa shape index (κ1) is 22.4. The van der Waals surface area contributed by atoms with Crippen LogP contribution in [0.25, 0.3) is 0 Å². The number of halogens is 3. The summed E-state index contributed by atoms with van der Waals surface area (Å²) >= 11 is 2.09. The lowest BCUT2D eigenvalue weighted by atomic mass is 9.86. The fraction of sp³-hybridized carbons (Fsp3) is 0.250. The molecule has 4 rings (SSSR count). The Labute approximate surface area is 197 Å². The molecule has 8 heteroatoms. The van der Waals surface area contributed by atoms with Crippen LogP contribution in [-0.4, -0.2) is 11.8 Å². The molecule has 2 amide bonds. The van der Waals surface area contributed by atoms with Crippen molar-refractivity contribution in [1.82, 2.24) is 5.32 Å². The van der Waals surface area contributed by atoms with Crippen molar-refractivity contribution in [3.05, 3.63) is 85.9 Å². The van der Waals surface area contributed by atoms with Crippen molar-refractivity contribution in [1.29, 1.82) is 0 Å². The minimum absolute atomic E-state index is 0.192. The van der Waals surface area contributed by atoms with Gasteiger partial charge in [0.1, 0.15) is 23.2 Å². The van der Waals surface area contributed by atoms with Gasteiger partial charge in [-0.15, -0.1) is 0 Å². The van der Waals surface area contributed by atoms with Crippen molar-refractivity contribution < 1.29 is 22.8 Å². The number of carbonyl (C=O) groups excluding carboxylic acids is 2. The maximum Gasteiger partial charge on any atom is 0.251 e. The molecular formula is C24H21F2IN2O3. The summed E-state index contributed by atoms with van der Waals surface area (Å²) in [6, 6.07) is 10.5. The molecule has 0 saturated heterocycles. The molecule has 1 aromatic heterocycles. The molecule has 0 radical (unpaired) electrons. The van der Waals surface area contributed by atoms with Gasteiger partial charge in [0.15, 0.2) is 0 Å². The van der Waals surface area contributed by atoms with E-state index in [1.54, 1.807) is 32.0 Å². The molecule has 0 bridgehead atoms. The smallest absolute Gasteiger partial charge is 0.251 e. The molecule has 0 unspecified atom stereocenters. The zero-order valence-corrected chi connectivity index (χ0v) is 19.9. The highest BCUT2D eigenvalue weighted by molar-refractivity contribution is 14.1. The highest BCUT2D eigenvalue weighted by Gasteiger charge is 2.46. The topological polar surface area (TPSA) is 62.6 Å². The first-order valence-electron chi connectivity index (χ1n) is 10.0. The van der Waals surface area contributed by atoms with Gasteiger partial charge in [-0.05, 0) is 79.8 Å². The summed E-state index contributed by atoms with van der Waals surface area (Å²) in [5.41, 5.74) is 0.476. The third kappa shape index (κ3) is 3.92. The third-order valence-corrected chi connectivity index (χ3v) is 6.48. The normalized spacial score (nSPS) is 14.6. The first-order chi connectivity index (χ1) is 15.1. The third-order valence-electron chi connectivity index (χ3n) is 5.62. The van der Waals surface area contributed by atoms with Crippen LogP contribution in [0.15, 0.2) is 46.9 Å². The maximum absolute atomic E-state index is 14.3. The molecule has 0 saturated carbocycles. The highest BCUT2D eigenvalue weighted by Crippen LogP contribution is 2.45. The quantitative estimate of drug-likeness (QED) is 0.443. The Morgan fingerprint density at radius 2 is 1.84 bits per heavy atom. The maximum atomic E-state index is 14.3. The van der Waals surface area contributed by atoms with Crippen LogP contribution in [0.4, 0.5) is 14.5 Å². The Hall–Kier alpha value is -2.75. The summed E-state index contributed by atoms with van der Waals surface area (Å²) in [5.74, 6) is -0.689. The van der Waals surface area contributed by atoms with Crippen LogP contribution >= 0.6 is 22.6 Å². The van der Waals surface area contributed by atoms with Gasteiger partial charge in [-0.25, -0.2) is 8.78 Å². The van der Waals surface area contributed by atoms with E-state index < -0.39 is 17.0 Å². The number of nitrogens with one attached hydrogen (secondary N) is 1. The van der Waals surface area contributed by atoms with E-state index in [9.17, 15) is 18.4 Å². The van der Waals surface area contributed by atoms with Gasteiger partial charge < -0.3 is 14.6 Å². The molecule has 166 valence electrons. The largest absolute Gasteiger partial charge is 0.465 e. The zero-order valence-electron chi connectivity index (χ0n) is 17.8. The molecule has 0 atom stereocenters. The lowest BCUT2D eigenvalue weighted by Crippen LogP contribution is -2.36. The molecule has 2 aromatic carbocycles. The fourth-order valence-electron chi connectivity index (χ4n) is 3.96. The van der Waals surface area contributed by atoms with E-state index in [1.807, 2.05) is 13.0 Å². The molecule has 3 aromatic rings. The number of nitrogens with zero attached hydrogens (tertiary/aromatic N) is 1. The van der Waals surface area contributed by atoms with Crippen LogP contribution in [0.3, 0.4) is 0 Å².